The molecule has 2 atom stereocenters. The Bertz CT molecular complexity index is 515. The number of benzene rings is 1. The highest BCUT2D eigenvalue weighted by molar-refractivity contribution is 6.30. The van der Waals surface area contributed by atoms with Gasteiger partial charge in [-0.2, -0.15) is 5.48 Å². The first-order valence-electron chi connectivity index (χ1n) is 5.89. The molecule has 0 spiro atoms. The highest BCUT2D eigenvalue weighted by Crippen LogP contribution is 2.34. The molecule has 1 aromatic heterocycles. The second kappa shape index (κ2) is 5.06. The predicted octanol–water partition coefficient (Wildman–Crippen LogP) is 3.44. The lowest BCUT2D eigenvalue weighted by atomic mass is 10.00. The quantitative estimate of drug-likeness (QED) is 0.898. The molecule has 2 unspecified atom stereocenters. The normalized spacial score (nSPS) is 23.2. The fourth-order valence-electron chi connectivity index (χ4n) is 2.14. The summed E-state index contributed by atoms with van der Waals surface area (Å²) in [5, 5.41) is 0.744. The van der Waals surface area contributed by atoms with Crippen LogP contribution in [0.25, 0.3) is 0 Å². The van der Waals surface area contributed by atoms with Crippen molar-refractivity contribution in [2.24, 2.45) is 0 Å². The van der Waals surface area contributed by atoms with E-state index < -0.39 is 0 Å². The molecule has 3 rings (SSSR count). The van der Waals surface area contributed by atoms with Gasteiger partial charge in [-0.25, -0.2) is 0 Å². The maximum Gasteiger partial charge on any atom is 0.106 e. The summed E-state index contributed by atoms with van der Waals surface area (Å²) in [6.45, 7) is 0. The summed E-state index contributed by atoms with van der Waals surface area (Å²) in [6, 6.07) is 12.0. The molecule has 0 bridgehead atoms. The highest BCUT2D eigenvalue weighted by Gasteiger charge is 2.27. The Morgan fingerprint density at radius 1 is 1.17 bits per heavy atom. The zero-order valence-electron chi connectivity index (χ0n) is 9.71. The number of hydrogen-bond acceptors (Lipinski definition) is 3. The summed E-state index contributed by atoms with van der Waals surface area (Å²) in [6.07, 6.45) is 4.60. The van der Waals surface area contributed by atoms with Crippen molar-refractivity contribution >= 4 is 11.6 Å². The monoisotopic (exact) mass is 260 g/mol. The topological polar surface area (TPSA) is 34.2 Å². The number of hydrogen-bond donors (Lipinski definition) is 1. The summed E-state index contributed by atoms with van der Waals surface area (Å²) in [4.78, 5) is 9.75. The Kier molecular flexibility index (Phi) is 3.28. The lowest BCUT2D eigenvalue weighted by Gasteiger charge is -2.08. The van der Waals surface area contributed by atoms with Gasteiger partial charge < -0.3 is 0 Å². The molecular formula is C14H13ClN2O. The van der Waals surface area contributed by atoms with E-state index in [0.717, 1.165) is 22.6 Å². The molecule has 1 aliphatic heterocycles. The number of nitrogens with one attached hydrogen (secondary N) is 1. The van der Waals surface area contributed by atoms with Crippen molar-refractivity contribution in [2.75, 3.05) is 0 Å². The smallest absolute Gasteiger partial charge is 0.106 e. The summed E-state index contributed by atoms with van der Waals surface area (Å²) >= 11 is 5.88. The molecule has 0 amide bonds. The average Bonchev–Trinajstić information content (AvgIpc) is 2.90. The maximum absolute atomic E-state index is 5.88. The zero-order chi connectivity index (χ0) is 12.4. The molecule has 0 aliphatic carbocycles. The molecule has 3 nitrogen and oxygen atoms in total. The van der Waals surface area contributed by atoms with Gasteiger partial charge in [0.2, 0.25) is 0 Å². The van der Waals surface area contributed by atoms with E-state index in [-0.39, 0.29) is 12.1 Å². The Balaban J connectivity index is 1.74. The second-order valence-corrected chi connectivity index (χ2v) is 4.79. The van der Waals surface area contributed by atoms with Crippen molar-refractivity contribution in [3.05, 3.63) is 64.9 Å². The first-order valence-corrected chi connectivity index (χ1v) is 6.27. The van der Waals surface area contributed by atoms with Crippen molar-refractivity contribution < 1.29 is 4.84 Å². The molecule has 92 valence electrons. The van der Waals surface area contributed by atoms with E-state index in [1.54, 1.807) is 6.20 Å². The van der Waals surface area contributed by atoms with Gasteiger partial charge in [-0.15, -0.1) is 0 Å². The van der Waals surface area contributed by atoms with Crippen molar-refractivity contribution in [1.82, 2.24) is 10.5 Å². The van der Waals surface area contributed by atoms with Crippen LogP contribution in [0.3, 0.4) is 0 Å². The van der Waals surface area contributed by atoms with Crippen molar-refractivity contribution in [3.63, 3.8) is 0 Å². The van der Waals surface area contributed by atoms with Crippen molar-refractivity contribution in [3.8, 4) is 0 Å². The van der Waals surface area contributed by atoms with Crippen LogP contribution in [0.5, 0.6) is 0 Å². The van der Waals surface area contributed by atoms with E-state index in [1.807, 2.05) is 36.5 Å². The molecule has 1 fully saturated rings. The third-order valence-corrected chi connectivity index (χ3v) is 3.38. The van der Waals surface area contributed by atoms with Crippen LogP contribution < -0.4 is 5.48 Å². The number of pyridine rings is 1. The number of aromatic nitrogens is 1. The van der Waals surface area contributed by atoms with E-state index in [4.69, 9.17) is 16.4 Å². The van der Waals surface area contributed by atoms with E-state index in [1.165, 1.54) is 0 Å². The van der Waals surface area contributed by atoms with Gasteiger partial charge in [-0.3, -0.25) is 9.82 Å². The molecule has 2 heterocycles. The van der Waals surface area contributed by atoms with Crippen LogP contribution in [0, 0.1) is 0 Å². The summed E-state index contributed by atoms with van der Waals surface area (Å²) in [5.74, 6) is 0. The van der Waals surface area contributed by atoms with Gasteiger partial charge in [-0.05, 0) is 29.3 Å². The van der Waals surface area contributed by atoms with E-state index >= 15 is 0 Å². The first kappa shape index (κ1) is 11.7. The third kappa shape index (κ3) is 2.38. The molecule has 0 radical (unpaired) electrons. The highest BCUT2D eigenvalue weighted by atomic mass is 35.5. The maximum atomic E-state index is 5.88. The zero-order valence-corrected chi connectivity index (χ0v) is 10.5. The van der Waals surface area contributed by atoms with Crippen molar-refractivity contribution in [2.45, 2.75) is 18.6 Å². The van der Waals surface area contributed by atoms with Gasteiger partial charge in [0, 0.05) is 23.8 Å². The van der Waals surface area contributed by atoms with E-state index in [9.17, 15) is 0 Å². The fraction of sp³-hybridized carbons (Fsp3) is 0.214. The minimum Gasteiger partial charge on any atom is -0.293 e. The van der Waals surface area contributed by atoms with Crippen LogP contribution in [-0.2, 0) is 4.84 Å². The standard InChI is InChI=1S/C14H13ClN2O/c15-12-5-3-10(4-6-12)14-8-13(17-18-14)11-2-1-7-16-9-11/h1-7,9,13-14,17H,8H2. The van der Waals surface area contributed by atoms with E-state index in [0.29, 0.717) is 0 Å². The third-order valence-electron chi connectivity index (χ3n) is 3.13. The van der Waals surface area contributed by atoms with Gasteiger partial charge in [0.1, 0.15) is 6.10 Å². The molecule has 2 aromatic rings. The summed E-state index contributed by atoms with van der Waals surface area (Å²) < 4.78 is 0. The van der Waals surface area contributed by atoms with E-state index in [2.05, 4.69) is 16.5 Å². The summed E-state index contributed by atoms with van der Waals surface area (Å²) in [7, 11) is 0. The van der Waals surface area contributed by atoms with Gasteiger partial charge in [-0.1, -0.05) is 29.8 Å². The molecule has 18 heavy (non-hydrogen) atoms. The average molecular weight is 261 g/mol. The van der Waals surface area contributed by atoms with Gasteiger partial charge in [0.25, 0.3) is 0 Å². The van der Waals surface area contributed by atoms with Crippen LogP contribution in [0.15, 0.2) is 48.8 Å². The minimum absolute atomic E-state index is 0.0625. The molecular weight excluding hydrogens is 248 g/mol. The first-order chi connectivity index (χ1) is 8.83. The van der Waals surface area contributed by atoms with Crippen LogP contribution >= 0.6 is 11.6 Å². The molecule has 1 aromatic carbocycles. The molecule has 1 saturated heterocycles. The van der Waals surface area contributed by atoms with Gasteiger partial charge >= 0.3 is 0 Å². The number of hydroxylamine groups is 1. The largest absolute Gasteiger partial charge is 0.293 e. The lowest BCUT2D eigenvalue weighted by molar-refractivity contribution is 0.0255. The van der Waals surface area contributed by atoms with Gasteiger partial charge in [0.05, 0.1) is 6.04 Å². The summed E-state index contributed by atoms with van der Waals surface area (Å²) in [5.41, 5.74) is 5.35. The molecule has 1 aliphatic rings. The minimum atomic E-state index is 0.0625. The van der Waals surface area contributed by atoms with Crippen molar-refractivity contribution in [1.29, 1.82) is 0 Å². The Labute approximate surface area is 111 Å². The van der Waals surface area contributed by atoms with Crippen LogP contribution in [0.4, 0.5) is 0 Å². The fourth-order valence-corrected chi connectivity index (χ4v) is 2.27. The molecule has 0 saturated carbocycles. The Morgan fingerprint density at radius 2 is 2.00 bits per heavy atom. The second-order valence-electron chi connectivity index (χ2n) is 4.35. The Hall–Kier alpha value is -1.42. The van der Waals surface area contributed by atoms with Gasteiger partial charge in [0.15, 0.2) is 0 Å². The SMILES string of the molecule is Clc1ccc(C2CC(c3cccnc3)NO2)cc1. The lowest BCUT2D eigenvalue weighted by Crippen LogP contribution is -2.11. The number of nitrogens with zero attached hydrogens (tertiary/aromatic N) is 1. The predicted molar refractivity (Wildman–Crippen MR) is 70.0 cm³/mol. The molecule has 1 N–H and O–H groups in total. The van der Waals surface area contributed by atoms with Crippen LogP contribution in [0.1, 0.15) is 29.7 Å². The molecule has 4 heteroatoms. The number of rotatable bonds is 2. The Morgan fingerprint density at radius 3 is 2.72 bits per heavy atom. The van der Waals surface area contributed by atoms with Crippen LogP contribution in [0.2, 0.25) is 5.02 Å². The number of halogens is 1. The van der Waals surface area contributed by atoms with Crippen LogP contribution in [-0.4, -0.2) is 4.98 Å².